The van der Waals surface area contributed by atoms with Crippen molar-refractivity contribution in [2.75, 3.05) is 13.2 Å². The van der Waals surface area contributed by atoms with Gasteiger partial charge in [0, 0.05) is 19.3 Å². The molecule has 0 N–H and O–H groups in total. The van der Waals surface area contributed by atoms with Crippen molar-refractivity contribution in [1.82, 2.24) is 0 Å². The van der Waals surface area contributed by atoms with Gasteiger partial charge in [-0.2, -0.15) is 0 Å². The minimum atomic E-state index is -0.792. The van der Waals surface area contributed by atoms with E-state index in [0.29, 0.717) is 19.3 Å². The van der Waals surface area contributed by atoms with Crippen LogP contribution in [0, 0.1) is 0 Å². The lowest BCUT2D eigenvalue weighted by Gasteiger charge is -2.18. The van der Waals surface area contributed by atoms with Gasteiger partial charge in [0.15, 0.2) is 6.10 Å². The maximum absolute atomic E-state index is 12.8. The van der Waals surface area contributed by atoms with Crippen LogP contribution < -0.4 is 0 Å². The summed E-state index contributed by atoms with van der Waals surface area (Å²) >= 11 is 0. The predicted molar refractivity (Wildman–Crippen MR) is 343 cm³/mol. The molecule has 0 saturated heterocycles. The molecule has 0 aromatic heterocycles. The highest BCUT2D eigenvalue weighted by molar-refractivity contribution is 5.71. The van der Waals surface area contributed by atoms with Crippen LogP contribution >= 0.6 is 0 Å². The molecule has 6 heteroatoms. The van der Waals surface area contributed by atoms with E-state index in [4.69, 9.17) is 14.2 Å². The molecule has 0 heterocycles. The van der Waals surface area contributed by atoms with E-state index in [-0.39, 0.29) is 31.1 Å². The third-order valence-electron chi connectivity index (χ3n) is 13.0. The summed E-state index contributed by atoms with van der Waals surface area (Å²) in [4.78, 5) is 37.9. The summed E-state index contributed by atoms with van der Waals surface area (Å²) in [6.45, 7) is 6.30. The molecule has 0 spiro atoms. The molecule has 1 atom stereocenters. The Labute approximate surface area is 486 Å². The Kier molecular flexibility index (Phi) is 61.4. The lowest BCUT2D eigenvalue weighted by Crippen LogP contribution is -2.30. The molecule has 0 aliphatic carbocycles. The second kappa shape index (κ2) is 65.5. The molecule has 0 aromatic rings. The van der Waals surface area contributed by atoms with Gasteiger partial charge in [-0.1, -0.05) is 275 Å². The largest absolute Gasteiger partial charge is 0.462 e. The zero-order valence-corrected chi connectivity index (χ0v) is 50.8. The van der Waals surface area contributed by atoms with E-state index in [1.807, 2.05) is 0 Å². The summed E-state index contributed by atoms with van der Waals surface area (Å²) in [6, 6.07) is 0. The number of rotatable bonds is 56. The van der Waals surface area contributed by atoms with Gasteiger partial charge in [-0.05, 0) is 128 Å². The lowest BCUT2D eigenvalue weighted by atomic mass is 10.1. The van der Waals surface area contributed by atoms with Crippen LogP contribution in [0.25, 0.3) is 0 Å². The van der Waals surface area contributed by atoms with E-state index in [2.05, 4.69) is 179 Å². The van der Waals surface area contributed by atoms with Crippen LogP contribution in [0.5, 0.6) is 0 Å². The normalized spacial score (nSPS) is 13.2. The summed E-state index contributed by atoms with van der Waals surface area (Å²) in [5.41, 5.74) is 0. The molecule has 79 heavy (non-hydrogen) atoms. The third kappa shape index (κ3) is 63.7. The molecule has 0 fully saturated rings. The molecule has 0 aliphatic rings. The lowest BCUT2D eigenvalue weighted by molar-refractivity contribution is -0.167. The monoisotopic (exact) mass is 1090 g/mol. The summed E-state index contributed by atoms with van der Waals surface area (Å²) < 4.78 is 16.8. The Morgan fingerprint density at radius 2 is 0.494 bits per heavy atom. The van der Waals surface area contributed by atoms with E-state index in [9.17, 15) is 14.4 Å². The fourth-order valence-electron chi connectivity index (χ4n) is 8.31. The van der Waals surface area contributed by atoms with Crippen LogP contribution in [-0.2, 0) is 28.6 Å². The zero-order valence-electron chi connectivity index (χ0n) is 50.8. The standard InChI is InChI=1S/C73H116O6/c1-4-7-10-13-15-17-19-21-23-25-27-29-31-33-34-35-36-37-38-40-41-43-45-47-49-51-53-55-57-60-63-66-72(75)78-69-70(68-77-71(74)65-62-59-12-9-6-3)79-73(76)67-64-61-58-56-54-52-50-48-46-44-42-39-32-30-28-26-24-22-20-18-16-14-11-8-5-2/h7-8,10-11,15-18,21-24,27-30,33-34,36-37,39-42,45,47,70H,4-6,9,12-14,19-20,25-26,31-32,35,38,43-44,46,48-69H2,1-3H3/b10-7-,11-8-,17-15-,18-16-,23-21-,24-22-,29-27-,30-28-,34-33-,37-36-,41-40-,42-39-,47-45-. The summed E-state index contributed by atoms with van der Waals surface area (Å²) in [7, 11) is 0. The van der Waals surface area contributed by atoms with Gasteiger partial charge in [-0.25, -0.2) is 0 Å². The highest BCUT2D eigenvalue weighted by Gasteiger charge is 2.19. The Balaban J connectivity index is 4.14. The average molecular weight is 1090 g/mol. The Hall–Kier alpha value is -4.97. The van der Waals surface area contributed by atoms with E-state index in [1.165, 1.54) is 51.4 Å². The molecule has 1 unspecified atom stereocenters. The van der Waals surface area contributed by atoms with Crippen LogP contribution in [0.4, 0.5) is 0 Å². The van der Waals surface area contributed by atoms with Crippen LogP contribution in [0.3, 0.4) is 0 Å². The summed E-state index contributed by atoms with van der Waals surface area (Å²) in [5, 5.41) is 0. The Bertz CT molecular complexity index is 1780. The number of unbranched alkanes of at least 4 members (excludes halogenated alkanes) is 19. The molecule has 6 nitrogen and oxygen atoms in total. The van der Waals surface area contributed by atoms with Crippen molar-refractivity contribution in [1.29, 1.82) is 0 Å². The van der Waals surface area contributed by atoms with Gasteiger partial charge in [-0.15, -0.1) is 0 Å². The van der Waals surface area contributed by atoms with Crippen molar-refractivity contribution in [3.05, 3.63) is 158 Å². The third-order valence-corrected chi connectivity index (χ3v) is 13.0. The van der Waals surface area contributed by atoms with Crippen molar-refractivity contribution in [2.45, 2.75) is 271 Å². The maximum atomic E-state index is 12.8. The quantitative estimate of drug-likeness (QED) is 0.0261. The van der Waals surface area contributed by atoms with E-state index < -0.39 is 6.10 Å². The van der Waals surface area contributed by atoms with Gasteiger partial charge in [0.2, 0.25) is 0 Å². The summed E-state index contributed by atoms with van der Waals surface area (Å²) in [6.07, 6.45) is 95.8. The van der Waals surface area contributed by atoms with Crippen LogP contribution in [0.1, 0.15) is 265 Å². The molecule has 0 aromatic carbocycles. The molecule has 0 amide bonds. The van der Waals surface area contributed by atoms with Crippen molar-refractivity contribution in [3.63, 3.8) is 0 Å². The van der Waals surface area contributed by atoms with Gasteiger partial charge in [0.05, 0.1) is 0 Å². The molecule has 0 aliphatic heterocycles. The van der Waals surface area contributed by atoms with Crippen molar-refractivity contribution in [2.24, 2.45) is 0 Å². The number of esters is 3. The summed E-state index contributed by atoms with van der Waals surface area (Å²) in [5.74, 6) is -0.930. The van der Waals surface area contributed by atoms with E-state index >= 15 is 0 Å². The van der Waals surface area contributed by atoms with Crippen LogP contribution in [-0.4, -0.2) is 37.2 Å². The molecule has 0 bridgehead atoms. The van der Waals surface area contributed by atoms with Gasteiger partial charge in [0.1, 0.15) is 13.2 Å². The topological polar surface area (TPSA) is 78.9 Å². The van der Waals surface area contributed by atoms with Gasteiger partial charge < -0.3 is 14.2 Å². The first-order valence-electron chi connectivity index (χ1n) is 32.0. The average Bonchev–Trinajstić information content (AvgIpc) is 3.45. The number of hydrogen-bond donors (Lipinski definition) is 0. The first kappa shape index (κ1) is 74.0. The number of ether oxygens (including phenoxy) is 3. The predicted octanol–water partition coefficient (Wildman–Crippen LogP) is 22.1. The fourth-order valence-corrected chi connectivity index (χ4v) is 8.31. The molecule has 444 valence electrons. The molecular formula is C73H116O6. The van der Waals surface area contributed by atoms with Crippen molar-refractivity contribution in [3.8, 4) is 0 Å². The Morgan fingerprint density at radius 1 is 0.266 bits per heavy atom. The minimum absolute atomic E-state index is 0.0912. The maximum Gasteiger partial charge on any atom is 0.306 e. The fraction of sp³-hybridized carbons (Fsp3) is 0.603. The number of hydrogen-bond acceptors (Lipinski definition) is 6. The second-order valence-electron chi connectivity index (χ2n) is 20.6. The molecule has 0 rings (SSSR count). The first-order valence-corrected chi connectivity index (χ1v) is 32.0. The molecular weight excluding hydrogens is 973 g/mol. The van der Waals surface area contributed by atoms with Crippen molar-refractivity contribution < 1.29 is 28.6 Å². The van der Waals surface area contributed by atoms with Gasteiger partial charge in [-0.3, -0.25) is 14.4 Å². The van der Waals surface area contributed by atoms with Crippen molar-refractivity contribution >= 4 is 17.9 Å². The van der Waals surface area contributed by atoms with E-state index in [0.717, 1.165) is 173 Å². The van der Waals surface area contributed by atoms with Gasteiger partial charge >= 0.3 is 17.9 Å². The zero-order chi connectivity index (χ0) is 57.1. The van der Waals surface area contributed by atoms with Gasteiger partial charge in [0.25, 0.3) is 0 Å². The van der Waals surface area contributed by atoms with Crippen LogP contribution in [0.15, 0.2) is 158 Å². The minimum Gasteiger partial charge on any atom is -0.462 e. The number of allylic oxidation sites excluding steroid dienone is 26. The highest BCUT2D eigenvalue weighted by Crippen LogP contribution is 2.15. The first-order chi connectivity index (χ1) is 39.0. The number of carbonyl (C=O) groups is 3. The molecule has 0 radical (unpaired) electrons. The number of carbonyl (C=O) groups excluding carboxylic acids is 3. The Morgan fingerprint density at radius 3 is 0.772 bits per heavy atom. The highest BCUT2D eigenvalue weighted by atomic mass is 16.6. The second-order valence-corrected chi connectivity index (χ2v) is 20.6. The SMILES string of the molecule is CC/C=C\C/C=C\C/C=C\C/C=C\C/C=C\C/C=C\C/C=C\C/C=C\CCCCCCCCC(=O)OCC(COC(=O)CCCCCCC)OC(=O)CCCCCCCCCCC/C=C\C/C=C\C/C=C\C/C=C\C/C=C\CC. The van der Waals surface area contributed by atoms with E-state index in [1.54, 1.807) is 0 Å². The smallest absolute Gasteiger partial charge is 0.306 e. The van der Waals surface area contributed by atoms with Crippen LogP contribution in [0.2, 0.25) is 0 Å². The molecule has 0 saturated carbocycles.